The number of carbonyl (C=O) groups is 1. The van der Waals surface area contributed by atoms with Gasteiger partial charge in [0.2, 0.25) is 5.91 Å². The predicted molar refractivity (Wildman–Crippen MR) is 75.7 cm³/mol. The van der Waals surface area contributed by atoms with E-state index in [0.29, 0.717) is 6.04 Å². The third-order valence-corrected chi connectivity index (χ3v) is 3.72. The molecule has 106 valence electrons. The summed E-state index contributed by atoms with van der Waals surface area (Å²) >= 11 is 0. The van der Waals surface area contributed by atoms with Crippen LogP contribution in [0.3, 0.4) is 0 Å². The van der Waals surface area contributed by atoms with E-state index in [9.17, 15) is 4.79 Å². The highest BCUT2D eigenvalue weighted by molar-refractivity contribution is 5.80. The molecule has 1 aliphatic heterocycles. The molecule has 0 bridgehead atoms. The molecule has 2 atom stereocenters. The first-order chi connectivity index (χ1) is 8.56. The Morgan fingerprint density at radius 3 is 2.61 bits per heavy atom. The third kappa shape index (κ3) is 4.58. The Labute approximate surface area is 112 Å². The fourth-order valence-corrected chi connectivity index (χ4v) is 2.62. The van der Waals surface area contributed by atoms with Crippen LogP contribution in [0, 0.1) is 0 Å². The van der Waals surface area contributed by atoms with E-state index in [4.69, 9.17) is 0 Å². The van der Waals surface area contributed by atoms with E-state index in [-0.39, 0.29) is 11.9 Å². The largest absolute Gasteiger partial charge is 0.347 e. The Hall–Kier alpha value is -0.610. The normalized spacial score (nSPS) is 21.9. The number of likely N-dealkylation sites (N-methyl/N-ethyl adjacent to an activating group) is 1. The van der Waals surface area contributed by atoms with Gasteiger partial charge in [0.1, 0.15) is 0 Å². The Morgan fingerprint density at radius 1 is 1.39 bits per heavy atom. The molecule has 0 spiro atoms. The standard InChI is InChI=1S/C14H29N3O/c1-5-10-17(12(2)14(18)16(3)4)11-13-8-6-7-9-15-13/h12-13,15H,5-11H2,1-4H3. The number of nitrogens with zero attached hydrogens (tertiary/aromatic N) is 2. The SMILES string of the molecule is CCCN(CC1CCCCN1)C(C)C(=O)N(C)C. The lowest BCUT2D eigenvalue weighted by molar-refractivity contribution is -0.134. The average Bonchev–Trinajstić information content (AvgIpc) is 2.37. The highest BCUT2D eigenvalue weighted by Gasteiger charge is 2.25. The second kappa shape index (κ2) is 7.74. The van der Waals surface area contributed by atoms with Gasteiger partial charge in [-0.15, -0.1) is 0 Å². The summed E-state index contributed by atoms with van der Waals surface area (Å²) < 4.78 is 0. The molecule has 4 heteroatoms. The molecule has 1 amide bonds. The number of carbonyl (C=O) groups excluding carboxylic acids is 1. The van der Waals surface area contributed by atoms with Crippen molar-refractivity contribution < 1.29 is 4.79 Å². The van der Waals surface area contributed by atoms with Crippen molar-refractivity contribution >= 4 is 5.91 Å². The molecule has 0 aliphatic carbocycles. The lowest BCUT2D eigenvalue weighted by atomic mass is 10.0. The van der Waals surface area contributed by atoms with E-state index in [1.54, 1.807) is 4.90 Å². The van der Waals surface area contributed by atoms with Crippen LogP contribution < -0.4 is 5.32 Å². The van der Waals surface area contributed by atoms with Gasteiger partial charge in [0, 0.05) is 26.7 Å². The van der Waals surface area contributed by atoms with Crippen LogP contribution in [-0.2, 0) is 4.79 Å². The van der Waals surface area contributed by atoms with Gasteiger partial charge in [-0.1, -0.05) is 13.3 Å². The van der Waals surface area contributed by atoms with E-state index < -0.39 is 0 Å². The highest BCUT2D eigenvalue weighted by atomic mass is 16.2. The Balaban J connectivity index is 2.54. The lowest BCUT2D eigenvalue weighted by Gasteiger charge is -2.34. The van der Waals surface area contributed by atoms with Gasteiger partial charge in [-0.3, -0.25) is 9.69 Å². The van der Waals surface area contributed by atoms with Crippen molar-refractivity contribution in [2.24, 2.45) is 0 Å². The molecule has 0 aromatic carbocycles. The van der Waals surface area contributed by atoms with Crippen molar-refractivity contribution in [3.8, 4) is 0 Å². The van der Waals surface area contributed by atoms with E-state index in [1.807, 2.05) is 21.0 Å². The summed E-state index contributed by atoms with van der Waals surface area (Å²) in [6.45, 7) is 7.32. The topological polar surface area (TPSA) is 35.6 Å². The summed E-state index contributed by atoms with van der Waals surface area (Å²) in [6.07, 6.45) is 4.94. The van der Waals surface area contributed by atoms with Crippen LogP contribution in [0.2, 0.25) is 0 Å². The van der Waals surface area contributed by atoms with Crippen LogP contribution in [-0.4, -0.2) is 61.5 Å². The second-order valence-electron chi connectivity index (χ2n) is 5.55. The molecule has 0 aromatic heterocycles. The molecule has 18 heavy (non-hydrogen) atoms. The van der Waals surface area contributed by atoms with Crippen molar-refractivity contribution in [2.45, 2.75) is 51.6 Å². The van der Waals surface area contributed by atoms with Gasteiger partial charge in [-0.25, -0.2) is 0 Å². The number of amides is 1. The third-order valence-electron chi connectivity index (χ3n) is 3.72. The summed E-state index contributed by atoms with van der Waals surface area (Å²) in [5, 5.41) is 3.56. The molecule has 0 radical (unpaired) electrons. The molecule has 1 aliphatic rings. The Kier molecular flexibility index (Phi) is 6.65. The van der Waals surface area contributed by atoms with E-state index >= 15 is 0 Å². The lowest BCUT2D eigenvalue weighted by Crippen LogP contribution is -2.51. The zero-order valence-electron chi connectivity index (χ0n) is 12.4. The van der Waals surface area contributed by atoms with Crippen LogP contribution in [0.1, 0.15) is 39.5 Å². The molecular formula is C14H29N3O. The molecule has 1 rings (SSSR count). The van der Waals surface area contributed by atoms with E-state index in [2.05, 4.69) is 17.1 Å². The first kappa shape index (κ1) is 15.4. The maximum atomic E-state index is 12.1. The van der Waals surface area contributed by atoms with Gasteiger partial charge in [0.05, 0.1) is 6.04 Å². The molecule has 1 N–H and O–H groups in total. The van der Waals surface area contributed by atoms with Crippen molar-refractivity contribution in [3.05, 3.63) is 0 Å². The summed E-state index contributed by atoms with van der Waals surface area (Å²) in [7, 11) is 3.67. The monoisotopic (exact) mass is 255 g/mol. The van der Waals surface area contributed by atoms with Gasteiger partial charge >= 0.3 is 0 Å². The van der Waals surface area contributed by atoms with Crippen molar-refractivity contribution in [3.63, 3.8) is 0 Å². The number of piperidine rings is 1. The van der Waals surface area contributed by atoms with Gasteiger partial charge < -0.3 is 10.2 Å². The molecular weight excluding hydrogens is 226 g/mol. The van der Waals surface area contributed by atoms with Crippen molar-refractivity contribution in [1.82, 2.24) is 15.1 Å². The summed E-state index contributed by atoms with van der Waals surface area (Å²) in [5.41, 5.74) is 0. The Morgan fingerprint density at radius 2 is 2.11 bits per heavy atom. The average molecular weight is 255 g/mol. The fraction of sp³-hybridized carbons (Fsp3) is 0.929. The maximum absolute atomic E-state index is 12.1. The van der Waals surface area contributed by atoms with Crippen LogP contribution in [0.4, 0.5) is 0 Å². The number of hydrogen-bond acceptors (Lipinski definition) is 3. The Bertz CT molecular complexity index is 249. The number of rotatable bonds is 6. The van der Waals surface area contributed by atoms with Gasteiger partial charge in [0.15, 0.2) is 0 Å². The summed E-state index contributed by atoms with van der Waals surface area (Å²) in [5.74, 6) is 0.208. The van der Waals surface area contributed by atoms with Crippen LogP contribution in [0.25, 0.3) is 0 Å². The minimum atomic E-state index is -0.0105. The minimum Gasteiger partial charge on any atom is -0.347 e. The highest BCUT2D eigenvalue weighted by Crippen LogP contribution is 2.11. The number of nitrogens with one attached hydrogen (secondary N) is 1. The molecule has 1 fully saturated rings. The minimum absolute atomic E-state index is 0.0105. The molecule has 1 saturated heterocycles. The van der Waals surface area contributed by atoms with Gasteiger partial charge in [-0.2, -0.15) is 0 Å². The molecule has 0 saturated carbocycles. The van der Waals surface area contributed by atoms with E-state index in [1.165, 1.54) is 19.3 Å². The van der Waals surface area contributed by atoms with Gasteiger partial charge in [0.25, 0.3) is 0 Å². The predicted octanol–water partition coefficient (Wildman–Crippen LogP) is 1.32. The van der Waals surface area contributed by atoms with Gasteiger partial charge in [-0.05, 0) is 39.3 Å². The first-order valence-corrected chi connectivity index (χ1v) is 7.24. The molecule has 1 heterocycles. The first-order valence-electron chi connectivity index (χ1n) is 7.24. The zero-order valence-corrected chi connectivity index (χ0v) is 12.4. The van der Waals surface area contributed by atoms with Crippen LogP contribution in [0.15, 0.2) is 0 Å². The molecule has 2 unspecified atom stereocenters. The smallest absolute Gasteiger partial charge is 0.239 e. The van der Waals surface area contributed by atoms with Crippen LogP contribution >= 0.6 is 0 Å². The van der Waals surface area contributed by atoms with Crippen LogP contribution in [0.5, 0.6) is 0 Å². The fourth-order valence-electron chi connectivity index (χ4n) is 2.62. The molecule has 4 nitrogen and oxygen atoms in total. The maximum Gasteiger partial charge on any atom is 0.239 e. The number of hydrogen-bond donors (Lipinski definition) is 1. The molecule has 0 aromatic rings. The summed E-state index contributed by atoms with van der Waals surface area (Å²) in [6, 6.07) is 0.548. The van der Waals surface area contributed by atoms with Crippen molar-refractivity contribution in [1.29, 1.82) is 0 Å². The summed E-state index contributed by atoms with van der Waals surface area (Å²) in [4.78, 5) is 16.1. The van der Waals surface area contributed by atoms with E-state index in [0.717, 1.165) is 26.1 Å². The second-order valence-corrected chi connectivity index (χ2v) is 5.55. The van der Waals surface area contributed by atoms with Crippen molar-refractivity contribution in [2.75, 3.05) is 33.7 Å². The quantitative estimate of drug-likeness (QED) is 0.777. The zero-order chi connectivity index (χ0) is 13.5.